The second kappa shape index (κ2) is 2.27. The van der Waals surface area contributed by atoms with E-state index in [-0.39, 0.29) is 0 Å². The molecule has 0 saturated heterocycles. The maximum Gasteiger partial charge on any atom is 0.214 e. The van der Waals surface area contributed by atoms with Crippen molar-refractivity contribution in [2.45, 2.75) is 19.0 Å². The Kier molecular flexibility index (Phi) is 1.38. The fourth-order valence-electron chi connectivity index (χ4n) is 0.892. The fourth-order valence-corrected chi connectivity index (χ4v) is 1.60. The van der Waals surface area contributed by atoms with Gasteiger partial charge in [-0.2, -0.15) is 0 Å². The molecule has 0 aromatic carbocycles. The van der Waals surface area contributed by atoms with Crippen LogP contribution in [0.2, 0.25) is 0 Å². The molecule has 1 aliphatic heterocycles. The summed E-state index contributed by atoms with van der Waals surface area (Å²) in [6.07, 6.45) is 0. The minimum absolute atomic E-state index is 0.889. The van der Waals surface area contributed by atoms with Crippen molar-refractivity contribution in [3.05, 3.63) is 16.9 Å². The van der Waals surface area contributed by atoms with E-state index in [9.17, 15) is 0 Å². The quantitative estimate of drug-likeness (QED) is 0.630. The molecule has 1 N–H and O–H groups in total. The number of aromatic nitrogens is 3. The van der Waals surface area contributed by atoms with Gasteiger partial charge in [0.05, 0.1) is 0 Å². The fraction of sp³-hybridized carbons (Fsp3) is 0.333. The number of thioether (sulfide) groups is 1. The number of nitrogens with zero attached hydrogens (tertiary/aromatic N) is 3. The van der Waals surface area contributed by atoms with Crippen LogP contribution in [0, 0.1) is 6.92 Å². The first-order chi connectivity index (χ1) is 5.27. The highest BCUT2D eigenvalue weighted by Gasteiger charge is 2.11. The first-order valence-electron chi connectivity index (χ1n) is 3.30. The molecule has 0 aliphatic carbocycles. The average Bonchev–Trinajstić information content (AvgIpc) is 2.33. The maximum absolute atomic E-state index is 3.96. The monoisotopic (exact) mass is 168 g/mol. The van der Waals surface area contributed by atoms with E-state index in [2.05, 4.69) is 15.6 Å². The molecule has 0 atom stereocenters. The summed E-state index contributed by atoms with van der Waals surface area (Å²) in [4.78, 5) is 0. The summed E-state index contributed by atoms with van der Waals surface area (Å²) in [5, 5.41) is 10.8. The average molecular weight is 168 g/mol. The molecule has 5 heteroatoms. The Morgan fingerprint density at radius 2 is 2.27 bits per heavy atom. The van der Waals surface area contributed by atoms with E-state index >= 15 is 0 Å². The second-order valence-electron chi connectivity index (χ2n) is 2.40. The highest BCUT2D eigenvalue weighted by molar-refractivity contribution is 8.02. The molecule has 11 heavy (non-hydrogen) atoms. The van der Waals surface area contributed by atoms with E-state index < -0.39 is 0 Å². The van der Waals surface area contributed by atoms with Gasteiger partial charge >= 0.3 is 0 Å². The Labute approximate surface area is 68.7 Å². The molecule has 0 spiro atoms. The van der Waals surface area contributed by atoms with Gasteiger partial charge in [-0.3, -0.25) is 5.43 Å². The Bertz CT molecular complexity index is 314. The molecule has 0 saturated carbocycles. The molecule has 0 amide bonds. The number of fused-ring (bicyclic) bond motifs is 1. The van der Waals surface area contributed by atoms with Gasteiger partial charge in [0.1, 0.15) is 5.82 Å². The summed E-state index contributed by atoms with van der Waals surface area (Å²) >= 11 is 1.58. The molecule has 0 fully saturated rings. The first-order valence-corrected chi connectivity index (χ1v) is 4.18. The minimum atomic E-state index is 0.889. The Morgan fingerprint density at radius 3 is 3.09 bits per heavy atom. The maximum atomic E-state index is 3.96. The summed E-state index contributed by atoms with van der Waals surface area (Å²) < 4.78 is 1.88. The number of nitrogens with one attached hydrogen (secondary N) is 1. The van der Waals surface area contributed by atoms with Crippen molar-refractivity contribution in [2.75, 3.05) is 5.43 Å². The van der Waals surface area contributed by atoms with Crippen molar-refractivity contribution in [1.82, 2.24) is 14.9 Å². The lowest BCUT2D eigenvalue weighted by Gasteiger charge is -2.14. The van der Waals surface area contributed by atoms with E-state index in [1.54, 1.807) is 11.8 Å². The van der Waals surface area contributed by atoms with Crippen LogP contribution in [0.25, 0.3) is 0 Å². The van der Waals surface area contributed by atoms with Crippen molar-refractivity contribution in [2.24, 2.45) is 0 Å². The Morgan fingerprint density at radius 1 is 1.45 bits per heavy atom. The molecule has 2 rings (SSSR count). The lowest BCUT2D eigenvalue weighted by atomic mass is 10.6. The lowest BCUT2D eigenvalue weighted by Crippen LogP contribution is -2.17. The van der Waals surface area contributed by atoms with Crippen molar-refractivity contribution in [3.8, 4) is 0 Å². The zero-order valence-electron chi connectivity index (χ0n) is 6.33. The predicted octanol–water partition coefficient (Wildman–Crippen LogP) is 1.10. The zero-order chi connectivity index (χ0) is 7.84. The van der Waals surface area contributed by atoms with Gasteiger partial charge in [-0.15, -0.1) is 10.2 Å². The molecule has 1 aromatic rings. The van der Waals surface area contributed by atoms with Gasteiger partial charge in [-0.25, -0.2) is 4.68 Å². The molecule has 0 bridgehead atoms. The highest BCUT2D eigenvalue weighted by Crippen LogP contribution is 2.22. The molecule has 2 heterocycles. The van der Waals surface area contributed by atoms with Gasteiger partial charge in [0.2, 0.25) is 5.16 Å². The molecule has 0 radical (unpaired) electrons. The number of aryl methyl sites for hydroxylation is 1. The summed E-state index contributed by atoms with van der Waals surface area (Å²) in [7, 11) is 0. The van der Waals surface area contributed by atoms with Crippen molar-refractivity contribution >= 4 is 11.8 Å². The van der Waals surface area contributed by atoms with Crippen LogP contribution in [0.1, 0.15) is 12.7 Å². The SMILES string of the molecule is CC1=CSc2nnc(C)n2N1. The van der Waals surface area contributed by atoms with Gasteiger partial charge in [0.25, 0.3) is 0 Å². The van der Waals surface area contributed by atoms with Crippen molar-refractivity contribution < 1.29 is 0 Å². The van der Waals surface area contributed by atoms with Crippen LogP contribution >= 0.6 is 11.8 Å². The van der Waals surface area contributed by atoms with Crippen LogP contribution < -0.4 is 5.43 Å². The molecule has 0 unspecified atom stereocenters. The number of hydrogen-bond donors (Lipinski definition) is 1. The Balaban J connectivity index is 2.44. The van der Waals surface area contributed by atoms with E-state index in [1.807, 2.05) is 23.9 Å². The largest absolute Gasteiger partial charge is 0.295 e. The highest BCUT2D eigenvalue weighted by atomic mass is 32.2. The van der Waals surface area contributed by atoms with Gasteiger partial charge in [-0.1, -0.05) is 11.8 Å². The smallest absolute Gasteiger partial charge is 0.214 e. The predicted molar refractivity (Wildman–Crippen MR) is 43.7 cm³/mol. The minimum Gasteiger partial charge on any atom is -0.295 e. The van der Waals surface area contributed by atoms with E-state index in [0.29, 0.717) is 0 Å². The van der Waals surface area contributed by atoms with Crippen LogP contribution in [0.3, 0.4) is 0 Å². The number of rotatable bonds is 0. The first kappa shape index (κ1) is 6.72. The third-order valence-corrected chi connectivity index (χ3v) is 2.37. The topological polar surface area (TPSA) is 42.7 Å². The molecular weight excluding hydrogens is 160 g/mol. The lowest BCUT2D eigenvalue weighted by molar-refractivity contribution is 0.774. The van der Waals surface area contributed by atoms with Gasteiger partial charge < -0.3 is 0 Å². The van der Waals surface area contributed by atoms with Gasteiger partial charge in [0.15, 0.2) is 0 Å². The summed E-state index contributed by atoms with van der Waals surface area (Å²) in [5.41, 5.74) is 4.26. The molecular formula is C6H8N4S. The molecule has 4 nitrogen and oxygen atoms in total. The summed E-state index contributed by atoms with van der Waals surface area (Å²) in [5.74, 6) is 0.889. The zero-order valence-corrected chi connectivity index (χ0v) is 7.14. The van der Waals surface area contributed by atoms with Gasteiger partial charge in [0, 0.05) is 5.70 Å². The second-order valence-corrected chi connectivity index (χ2v) is 3.23. The summed E-state index contributed by atoms with van der Waals surface area (Å²) in [6, 6.07) is 0. The van der Waals surface area contributed by atoms with Crippen LogP contribution in [0.4, 0.5) is 0 Å². The number of hydrogen-bond acceptors (Lipinski definition) is 4. The van der Waals surface area contributed by atoms with Crippen LogP contribution in [0.15, 0.2) is 16.3 Å². The molecule has 1 aliphatic rings. The van der Waals surface area contributed by atoms with Crippen LogP contribution in [-0.2, 0) is 0 Å². The normalized spacial score (nSPS) is 15.3. The standard InChI is InChI=1S/C6H8N4S/c1-4-3-11-6-8-7-5(2)10(6)9-4/h3,9H,1-2H3. The van der Waals surface area contributed by atoms with Crippen molar-refractivity contribution in [3.63, 3.8) is 0 Å². The van der Waals surface area contributed by atoms with Crippen LogP contribution in [0.5, 0.6) is 0 Å². The van der Waals surface area contributed by atoms with E-state index in [0.717, 1.165) is 16.7 Å². The Hall–Kier alpha value is -0.970. The third kappa shape index (κ3) is 1.01. The number of allylic oxidation sites excluding steroid dienone is 1. The molecule has 1 aromatic heterocycles. The van der Waals surface area contributed by atoms with Crippen LogP contribution in [-0.4, -0.2) is 14.9 Å². The third-order valence-electron chi connectivity index (χ3n) is 1.42. The molecule has 58 valence electrons. The van der Waals surface area contributed by atoms with E-state index in [1.165, 1.54) is 0 Å². The van der Waals surface area contributed by atoms with E-state index in [4.69, 9.17) is 0 Å². The summed E-state index contributed by atoms with van der Waals surface area (Å²) in [6.45, 7) is 3.93. The van der Waals surface area contributed by atoms with Gasteiger partial charge in [-0.05, 0) is 19.3 Å². The van der Waals surface area contributed by atoms with Crippen molar-refractivity contribution in [1.29, 1.82) is 0 Å².